The molecule has 0 radical (unpaired) electrons. The summed E-state index contributed by atoms with van der Waals surface area (Å²) in [5.74, 6) is -0.198. The van der Waals surface area contributed by atoms with Gasteiger partial charge in [-0.15, -0.1) is 0 Å². The van der Waals surface area contributed by atoms with Gasteiger partial charge in [0.05, 0.1) is 18.6 Å². The first kappa shape index (κ1) is 29.0. The molecular weight excluding hydrogens is 462 g/mol. The molecule has 3 aliphatic rings. The number of epoxide rings is 2. The zero-order valence-electron chi connectivity index (χ0n) is 23.5. The Morgan fingerprint density at radius 2 is 1.97 bits per heavy atom. The Morgan fingerprint density at radius 3 is 2.53 bits per heavy atom. The number of nitrogens with one attached hydrogen (secondary N) is 1. The first-order chi connectivity index (χ1) is 16.9. The molecule has 2 heterocycles. The van der Waals surface area contributed by atoms with Crippen LogP contribution >= 0.6 is 0 Å². The second-order valence-corrected chi connectivity index (χ2v) is 11.7. The lowest BCUT2D eigenvalue weighted by Gasteiger charge is -2.42. The van der Waals surface area contributed by atoms with Gasteiger partial charge in [-0.05, 0) is 67.1 Å². The second-order valence-electron chi connectivity index (χ2n) is 11.7. The van der Waals surface area contributed by atoms with E-state index in [4.69, 9.17) is 18.9 Å². The summed E-state index contributed by atoms with van der Waals surface area (Å²) < 4.78 is 24.1. The van der Waals surface area contributed by atoms with Crippen LogP contribution in [0.3, 0.4) is 0 Å². The Labute approximate surface area is 216 Å². The van der Waals surface area contributed by atoms with E-state index in [0.29, 0.717) is 19.6 Å². The molecule has 9 heteroatoms. The highest BCUT2D eigenvalue weighted by Crippen LogP contribution is 2.59. The number of methoxy groups -OCH3 is 1. The Balaban J connectivity index is 1.62. The highest BCUT2D eigenvalue weighted by atomic mass is 16.6. The maximum atomic E-state index is 13.0. The van der Waals surface area contributed by atoms with Crippen LogP contribution in [0.5, 0.6) is 0 Å². The van der Waals surface area contributed by atoms with Gasteiger partial charge in [0.2, 0.25) is 0 Å². The average Bonchev–Trinajstić information content (AvgIpc) is 3.71. The molecule has 1 saturated carbocycles. The molecule has 0 bridgehead atoms. The van der Waals surface area contributed by atoms with Crippen LogP contribution < -0.4 is 10.6 Å². The normalized spacial score (nSPS) is 33.9. The minimum atomic E-state index is -0.548. The minimum absolute atomic E-state index is 0.0264. The van der Waals surface area contributed by atoms with Crippen LogP contribution in [0.1, 0.15) is 60.3 Å². The molecule has 2 amide bonds. The van der Waals surface area contributed by atoms with E-state index >= 15 is 0 Å². The zero-order valence-corrected chi connectivity index (χ0v) is 23.5. The van der Waals surface area contributed by atoms with E-state index in [9.17, 15) is 9.59 Å². The molecule has 0 aromatic rings. The molecule has 0 unspecified atom stereocenters. The van der Waals surface area contributed by atoms with E-state index in [1.54, 1.807) is 7.11 Å². The number of hydrogen-bond donors (Lipinski definition) is 2. The summed E-state index contributed by atoms with van der Waals surface area (Å²) in [5.41, 5.74) is 0.612. The van der Waals surface area contributed by atoms with Gasteiger partial charge < -0.3 is 29.2 Å². The second kappa shape index (κ2) is 11.9. The van der Waals surface area contributed by atoms with Crippen LogP contribution in [-0.4, -0.2) is 93.4 Å². The molecule has 3 rings (SSSR count). The molecule has 0 aromatic carbocycles. The van der Waals surface area contributed by atoms with Crippen molar-refractivity contribution in [2.24, 2.45) is 11.8 Å². The van der Waals surface area contributed by atoms with Gasteiger partial charge in [-0.2, -0.15) is 4.79 Å². The predicted molar refractivity (Wildman–Crippen MR) is 137 cm³/mol. The Bertz CT molecular complexity index is 807. The molecule has 3 N–H and O–H groups in total. The number of allylic oxidation sites excluding steroid dienone is 1. The average molecular weight is 511 g/mol. The summed E-state index contributed by atoms with van der Waals surface area (Å²) in [4.78, 5) is 27.9. The third-order valence-electron chi connectivity index (χ3n) is 7.92. The van der Waals surface area contributed by atoms with Gasteiger partial charge in [0, 0.05) is 19.6 Å². The molecule has 2 aliphatic heterocycles. The molecule has 9 nitrogen and oxygen atoms in total. The van der Waals surface area contributed by atoms with Crippen LogP contribution in [0.2, 0.25) is 0 Å². The third-order valence-corrected chi connectivity index (χ3v) is 7.92. The number of nitrogens with two attached hydrogens (primary N) is 1. The summed E-state index contributed by atoms with van der Waals surface area (Å²) in [5, 5.41) is 4.39. The minimum Gasteiger partial charge on any atom is -0.414 e. The van der Waals surface area contributed by atoms with Crippen molar-refractivity contribution in [2.75, 3.05) is 40.9 Å². The number of amides is 2. The summed E-state index contributed by atoms with van der Waals surface area (Å²) in [6.07, 6.45) is 4.22. The highest BCUT2D eigenvalue weighted by molar-refractivity contribution is 5.81. The van der Waals surface area contributed by atoms with Crippen LogP contribution in [0.4, 0.5) is 4.79 Å². The SMILES string of the molecule is CO[C@@H]1[C@H](OC(=O)[NH2+][C@@H](C(=O)NCCCN(C)C)C(C)C)CC[C@]2(CO2)[C@H]1[C@@]1(C)O[C@@H]1CC=C(C)C. The number of quaternary nitrogens is 1. The zero-order chi connectivity index (χ0) is 26.7. The van der Waals surface area contributed by atoms with Gasteiger partial charge in [0.25, 0.3) is 5.91 Å². The van der Waals surface area contributed by atoms with E-state index in [0.717, 1.165) is 25.8 Å². The van der Waals surface area contributed by atoms with Gasteiger partial charge in [0.1, 0.15) is 23.4 Å². The van der Waals surface area contributed by atoms with Crippen molar-refractivity contribution in [3.63, 3.8) is 0 Å². The molecular formula is C27H48N3O6+. The topological polar surface area (TPSA) is 110 Å². The maximum absolute atomic E-state index is 13.0. The molecule has 1 aliphatic carbocycles. The molecule has 7 atom stereocenters. The van der Waals surface area contributed by atoms with Crippen molar-refractivity contribution in [2.45, 2.75) is 95.9 Å². The van der Waals surface area contributed by atoms with E-state index < -0.39 is 18.2 Å². The molecule has 36 heavy (non-hydrogen) atoms. The first-order valence-electron chi connectivity index (χ1n) is 13.4. The lowest BCUT2D eigenvalue weighted by molar-refractivity contribution is -0.603. The van der Waals surface area contributed by atoms with E-state index in [1.807, 2.05) is 27.9 Å². The fourth-order valence-corrected chi connectivity index (χ4v) is 5.70. The number of ether oxygens (including phenoxy) is 4. The van der Waals surface area contributed by atoms with Gasteiger partial charge in [-0.1, -0.05) is 25.5 Å². The first-order valence-corrected chi connectivity index (χ1v) is 13.4. The van der Waals surface area contributed by atoms with Crippen LogP contribution in [0.15, 0.2) is 11.6 Å². The fourth-order valence-electron chi connectivity index (χ4n) is 5.70. The monoisotopic (exact) mass is 510 g/mol. The number of hydrogen-bond acceptors (Lipinski definition) is 7. The lowest BCUT2D eigenvalue weighted by atomic mass is 9.68. The Hall–Kier alpha value is -1.52. The number of carbonyl (C=O) groups is 2. The molecule has 206 valence electrons. The van der Waals surface area contributed by atoms with Crippen molar-refractivity contribution in [3.05, 3.63) is 11.6 Å². The lowest BCUT2D eigenvalue weighted by Crippen LogP contribution is -2.97. The summed E-state index contributed by atoms with van der Waals surface area (Å²) >= 11 is 0. The molecule has 1 spiro atoms. The van der Waals surface area contributed by atoms with E-state index in [2.05, 4.69) is 37.1 Å². The largest absolute Gasteiger partial charge is 0.513 e. The van der Waals surface area contributed by atoms with Gasteiger partial charge >= 0.3 is 6.09 Å². The van der Waals surface area contributed by atoms with Crippen molar-refractivity contribution < 1.29 is 33.9 Å². The Morgan fingerprint density at radius 1 is 1.28 bits per heavy atom. The van der Waals surface area contributed by atoms with Crippen molar-refractivity contribution in [1.29, 1.82) is 0 Å². The van der Waals surface area contributed by atoms with Crippen LogP contribution in [0.25, 0.3) is 0 Å². The van der Waals surface area contributed by atoms with Crippen LogP contribution in [-0.2, 0) is 23.7 Å². The van der Waals surface area contributed by atoms with Crippen molar-refractivity contribution >= 4 is 12.0 Å². The van der Waals surface area contributed by atoms with Crippen molar-refractivity contribution in [3.8, 4) is 0 Å². The number of primary amides is 1. The van der Waals surface area contributed by atoms with Gasteiger partial charge in [0.15, 0.2) is 6.04 Å². The molecule has 2 saturated heterocycles. The highest BCUT2D eigenvalue weighted by Gasteiger charge is 2.72. The van der Waals surface area contributed by atoms with E-state index in [1.165, 1.54) is 10.9 Å². The standard InChI is InChI=1S/C27H47N3O6/c1-17(2)10-11-20-26(5,36-20)23-22(33-8)19(12-13-27(23)16-34-27)35-25(32)29-21(18(3)4)24(31)28-14-9-15-30(6)7/h10,18-23H,9,11-16H2,1-8H3,(H,28,31)(H,29,32)/p+1/t19-,20-,21-,22-,23-,26+,27+/m1/s1. The summed E-state index contributed by atoms with van der Waals surface area (Å²) in [6, 6.07) is -0.548. The third kappa shape index (κ3) is 6.86. The quantitative estimate of drug-likeness (QED) is 0.234. The molecule has 3 fully saturated rings. The summed E-state index contributed by atoms with van der Waals surface area (Å²) in [7, 11) is 5.67. The number of nitrogens with zero attached hydrogens (tertiary/aromatic N) is 1. The van der Waals surface area contributed by atoms with Crippen LogP contribution in [0, 0.1) is 11.8 Å². The number of rotatable bonds is 12. The van der Waals surface area contributed by atoms with Crippen molar-refractivity contribution in [1.82, 2.24) is 10.2 Å². The van der Waals surface area contributed by atoms with Gasteiger partial charge in [-0.3, -0.25) is 4.79 Å². The maximum Gasteiger partial charge on any atom is 0.513 e. The molecule has 0 aromatic heterocycles. The summed E-state index contributed by atoms with van der Waals surface area (Å²) in [6.45, 7) is 12.3. The smallest absolute Gasteiger partial charge is 0.414 e. The predicted octanol–water partition coefficient (Wildman–Crippen LogP) is 1.86. The van der Waals surface area contributed by atoms with Gasteiger partial charge in [-0.25, -0.2) is 5.32 Å². The Kier molecular flexibility index (Phi) is 9.60. The van der Waals surface area contributed by atoms with E-state index in [-0.39, 0.29) is 41.2 Å². The fraction of sp³-hybridized carbons (Fsp3) is 0.852. The number of carbonyl (C=O) groups excluding carboxylic acids is 2.